The van der Waals surface area contributed by atoms with Gasteiger partial charge in [-0.2, -0.15) is 0 Å². The maximum Gasteiger partial charge on any atom is 0.256 e. The molecule has 1 fully saturated rings. The molecule has 2 aromatic rings. The summed E-state index contributed by atoms with van der Waals surface area (Å²) in [6, 6.07) is 10.9. The van der Waals surface area contributed by atoms with E-state index < -0.39 is 0 Å². The number of carbonyl (C=O) groups excluding carboxylic acids is 2. The lowest BCUT2D eigenvalue weighted by Gasteiger charge is -2.20. The minimum Gasteiger partial charge on any atom is -0.493 e. The standard InChI is InChI=1S/C23H24BrN3O4.C2H6/c1-30-20-12-18-19(25-14-17-4-2-10-27(17)23(18)29)13-21(20)31-11-3-5-22(28)26-16-8-6-15(24)7-9-16;1-2/h6-9,12-14,17H,2-5,10-11H2,1H3,(H,26,28);1-2H3/t17-;/m0./s1. The van der Waals surface area contributed by atoms with Gasteiger partial charge in [0.05, 0.1) is 31.0 Å². The van der Waals surface area contributed by atoms with Gasteiger partial charge in [0.2, 0.25) is 5.91 Å². The molecule has 1 N–H and O–H groups in total. The van der Waals surface area contributed by atoms with Crippen molar-refractivity contribution in [3.63, 3.8) is 0 Å². The molecule has 0 radical (unpaired) electrons. The van der Waals surface area contributed by atoms with E-state index in [-0.39, 0.29) is 17.9 Å². The molecule has 2 aliphatic heterocycles. The van der Waals surface area contributed by atoms with E-state index in [0.29, 0.717) is 42.2 Å². The summed E-state index contributed by atoms with van der Waals surface area (Å²) in [6.45, 7) is 5.09. The first-order valence-electron chi connectivity index (χ1n) is 11.3. The number of methoxy groups -OCH3 is 1. The third kappa shape index (κ3) is 6.13. The molecule has 0 aliphatic carbocycles. The van der Waals surface area contributed by atoms with Crippen LogP contribution in [0.3, 0.4) is 0 Å². The number of fused-ring (bicyclic) bond motifs is 2. The normalized spacial score (nSPS) is 16.2. The number of nitrogens with one attached hydrogen (secondary N) is 1. The molecule has 8 heteroatoms. The van der Waals surface area contributed by atoms with E-state index in [0.717, 1.165) is 29.5 Å². The molecule has 2 aromatic carbocycles. The molecule has 1 saturated heterocycles. The molecule has 4 rings (SSSR count). The highest BCUT2D eigenvalue weighted by atomic mass is 79.9. The van der Waals surface area contributed by atoms with E-state index in [4.69, 9.17) is 9.47 Å². The predicted molar refractivity (Wildman–Crippen MR) is 134 cm³/mol. The Morgan fingerprint density at radius 2 is 1.97 bits per heavy atom. The summed E-state index contributed by atoms with van der Waals surface area (Å²) in [5.41, 5.74) is 1.87. The molecule has 0 spiro atoms. The molecule has 0 unspecified atom stereocenters. The van der Waals surface area contributed by atoms with E-state index in [1.807, 2.05) is 49.2 Å². The third-order valence-corrected chi connectivity index (χ3v) is 5.92. The van der Waals surface area contributed by atoms with Gasteiger partial charge in [-0.05, 0) is 49.6 Å². The van der Waals surface area contributed by atoms with E-state index in [2.05, 4.69) is 26.2 Å². The third-order valence-electron chi connectivity index (χ3n) is 5.39. The van der Waals surface area contributed by atoms with Crippen molar-refractivity contribution in [2.45, 2.75) is 45.6 Å². The van der Waals surface area contributed by atoms with Crippen molar-refractivity contribution >= 4 is 45.3 Å². The summed E-state index contributed by atoms with van der Waals surface area (Å²) >= 11 is 3.37. The monoisotopic (exact) mass is 515 g/mol. The maximum atomic E-state index is 12.9. The van der Waals surface area contributed by atoms with Crippen molar-refractivity contribution in [1.29, 1.82) is 0 Å². The van der Waals surface area contributed by atoms with Crippen molar-refractivity contribution in [1.82, 2.24) is 4.90 Å². The van der Waals surface area contributed by atoms with Crippen LogP contribution in [-0.4, -0.2) is 49.2 Å². The van der Waals surface area contributed by atoms with Gasteiger partial charge < -0.3 is 19.7 Å². The first kappa shape index (κ1) is 24.8. The Balaban J connectivity index is 0.00000149. The zero-order chi connectivity index (χ0) is 23.8. The van der Waals surface area contributed by atoms with Crippen LogP contribution in [0.2, 0.25) is 0 Å². The number of carbonyl (C=O) groups is 2. The van der Waals surface area contributed by atoms with E-state index in [9.17, 15) is 9.59 Å². The number of hydrogen-bond acceptors (Lipinski definition) is 5. The Morgan fingerprint density at radius 1 is 1.21 bits per heavy atom. The van der Waals surface area contributed by atoms with E-state index >= 15 is 0 Å². The summed E-state index contributed by atoms with van der Waals surface area (Å²) in [5.74, 6) is 0.904. The molecule has 33 heavy (non-hydrogen) atoms. The van der Waals surface area contributed by atoms with Crippen molar-refractivity contribution in [3.8, 4) is 11.5 Å². The molecular formula is C25H30BrN3O4. The van der Waals surface area contributed by atoms with Crippen LogP contribution in [0.5, 0.6) is 11.5 Å². The van der Waals surface area contributed by atoms with Crippen molar-refractivity contribution in [2.24, 2.45) is 4.99 Å². The van der Waals surface area contributed by atoms with Crippen LogP contribution in [0.1, 0.15) is 49.9 Å². The maximum absolute atomic E-state index is 12.9. The lowest BCUT2D eigenvalue weighted by molar-refractivity contribution is -0.116. The number of aliphatic imine (C=N–C) groups is 1. The average Bonchev–Trinajstić information content (AvgIpc) is 3.27. The quantitative estimate of drug-likeness (QED) is 0.486. The SMILES string of the molecule is CC.COc1cc2c(cc1OCCCC(=O)Nc1ccc(Br)cc1)N=C[C@@H]1CCCN1C2=O. The van der Waals surface area contributed by atoms with Crippen molar-refractivity contribution in [2.75, 3.05) is 25.6 Å². The van der Waals surface area contributed by atoms with Crippen molar-refractivity contribution in [3.05, 3.63) is 46.4 Å². The van der Waals surface area contributed by atoms with Crippen LogP contribution in [0.4, 0.5) is 11.4 Å². The molecular weight excluding hydrogens is 486 g/mol. The van der Waals surface area contributed by atoms with Crippen LogP contribution in [0.25, 0.3) is 0 Å². The highest BCUT2D eigenvalue weighted by Crippen LogP contribution is 2.38. The van der Waals surface area contributed by atoms with Crippen LogP contribution in [0, 0.1) is 0 Å². The topological polar surface area (TPSA) is 80.2 Å². The fraction of sp³-hybridized carbons (Fsp3) is 0.400. The van der Waals surface area contributed by atoms with E-state index in [1.54, 1.807) is 19.2 Å². The van der Waals surface area contributed by atoms with Gasteiger partial charge in [-0.1, -0.05) is 29.8 Å². The average molecular weight is 516 g/mol. The predicted octanol–water partition coefficient (Wildman–Crippen LogP) is 5.60. The van der Waals surface area contributed by atoms with E-state index in [1.165, 1.54) is 0 Å². The van der Waals surface area contributed by atoms with Gasteiger partial charge >= 0.3 is 0 Å². The summed E-state index contributed by atoms with van der Waals surface area (Å²) in [7, 11) is 1.54. The van der Waals surface area contributed by atoms with Gasteiger partial charge in [-0.25, -0.2) is 0 Å². The molecule has 0 bridgehead atoms. The largest absolute Gasteiger partial charge is 0.493 e. The fourth-order valence-corrected chi connectivity index (χ4v) is 4.06. The number of rotatable bonds is 7. The molecule has 1 atom stereocenters. The second kappa shape index (κ2) is 11.8. The van der Waals surface area contributed by atoms with Crippen LogP contribution in [0.15, 0.2) is 45.9 Å². The Hall–Kier alpha value is -2.87. The van der Waals surface area contributed by atoms with Crippen LogP contribution >= 0.6 is 15.9 Å². The first-order chi connectivity index (χ1) is 16.0. The summed E-state index contributed by atoms with van der Waals surface area (Å²) in [6.07, 6.45) is 4.65. The molecule has 2 amide bonds. The lowest BCUT2D eigenvalue weighted by atomic mass is 10.1. The van der Waals surface area contributed by atoms with Crippen LogP contribution < -0.4 is 14.8 Å². The Bertz CT molecular complexity index is 1010. The first-order valence-corrected chi connectivity index (χ1v) is 12.1. The summed E-state index contributed by atoms with van der Waals surface area (Å²) in [4.78, 5) is 31.4. The molecule has 176 valence electrons. The van der Waals surface area contributed by atoms with Crippen molar-refractivity contribution < 1.29 is 19.1 Å². The second-order valence-corrected chi connectivity index (χ2v) is 8.43. The van der Waals surface area contributed by atoms with Gasteiger partial charge in [0, 0.05) is 35.4 Å². The number of benzene rings is 2. The Kier molecular flexibility index (Phi) is 8.88. The van der Waals surface area contributed by atoms with Gasteiger partial charge in [-0.15, -0.1) is 0 Å². The number of anilines is 1. The number of halogens is 1. The highest BCUT2D eigenvalue weighted by Gasteiger charge is 2.32. The van der Waals surface area contributed by atoms with Gasteiger partial charge in [0.15, 0.2) is 11.5 Å². The number of hydrogen-bond donors (Lipinski definition) is 1. The highest BCUT2D eigenvalue weighted by molar-refractivity contribution is 9.10. The summed E-state index contributed by atoms with van der Waals surface area (Å²) < 4.78 is 12.3. The van der Waals surface area contributed by atoms with Crippen LogP contribution in [-0.2, 0) is 4.79 Å². The number of nitrogens with zero attached hydrogens (tertiary/aromatic N) is 2. The number of ether oxygens (including phenoxy) is 2. The molecule has 2 aliphatic rings. The molecule has 2 heterocycles. The fourth-order valence-electron chi connectivity index (χ4n) is 3.79. The zero-order valence-corrected chi connectivity index (χ0v) is 20.9. The second-order valence-electron chi connectivity index (χ2n) is 7.51. The smallest absolute Gasteiger partial charge is 0.256 e. The number of amides is 2. The summed E-state index contributed by atoms with van der Waals surface area (Å²) in [5, 5.41) is 2.86. The lowest BCUT2D eigenvalue weighted by Crippen LogP contribution is -2.35. The van der Waals surface area contributed by atoms with Gasteiger partial charge in [0.25, 0.3) is 5.91 Å². The zero-order valence-electron chi connectivity index (χ0n) is 19.3. The minimum absolute atomic E-state index is 0.0236. The Labute approximate surface area is 203 Å². The molecule has 0 aromatic heterocycles. The van der Waals surface area contributed by atoms with Gasteiger partial charge in [0.1, 0.15) is 0 Å². The molecule has 7 nitrogen and oxygen atoms in total. The van der Waals surface area contributed by atoms with Gasteiger partial charge in [-0.3, -0.25) is 14.6 Å². The minimum atomic E-state index is -0.0735. The Morgan fingerprint density at radius 3 is 2.70 bits per heavy atom. The molecule has 0 saturated carbocycles.